The van der Waals surface area contributed by atoms with Gasteiger partial charge in [-0.3, -0.25) is 0 Å². The van der Waals surface area contributed by atoms with Crippen LogP contribution in [0.15, 0.2) is 24.3 Å². The smallest absolute Gasteiger partial charge is 0.121 e. The topological polar surface area (TPSA) is 12.0 Å². The number of hydrogen-bond donors (Lipinski definition) is 1. The molecule has 0 bridgehead atoms. The first kappa shape index (κ1) is 13.7. The van der Waals surface area contributed by atoms with E-state index < -0.39 is 0 Å². The Morgan fingerprint density at radius 3 is 2.31 bits per heavy atom. The van der Waals surface area contributed by atoms with Crippen molar-refractivity contribution in [1.82, 2.24) is 5.32 Å². The van der Waals surface area contributed by atoms with Crippen LogP contribution in [-0.2, 0) is 10.5 Å². The summed E-state index contributed by atoms with van der Waals surface area (Å²) in [6.07, 6.45) is 0. The zero-order valence-corrected chi connectivity index (χ0v) is 12.2. The molecule has 0 aliphatic carbocycles. The molecule has 1 aromatic rings. The average Bonchev–Trinajstić information content (AvgIpc) is 2.16. The molecular formula is C13H23BNP. The summed E-state index contributed by atoms with van der Waals surface area (Å²) in [6, 6.07) is 8.90. The molecule has 0 aliphatic heterocycles. The van der Waals surface area contributed by atoms with Crippen LogP contribution in [0.4, 0.5) is 0 Å². The van der Waals surface area contributed by atoms with Crippen LogP contribution in [0.1, 0.15) is 31.9 Å². The number of likely N-dealkylation sites (N-methyl/N-ethyl adjacent to an activating group) is 1. The monoisotopic (exact) mass is 235 g/mol. The summed E-state index contributed by atoms with van der Waals surface area (Å²) < 4.78 is 0. The van der Waals surface area contributed by atoms with E-state index in [1.165, 1.54) is 11.1 Å². The van der Waals surface area contributed by atoms with Gasteiger partial charge in [-0.15, -0.1) is 9.24 Å². The number of nitrogens with one attached hydrogen (secondary N) is 1. The fraction of sp³-hybridized carbons (Fsp3) is 0.538. The van der Waals surface area contributed by atoms with E-state index in [-0.39, 0.29) is 10.5 Å². The maximum absolute atomic E-state index is 3.24. The van der Waals surface area contributed by atoms with Crippen LogP contribution in [0.2, 0.25) is 0 Å². The molecule has 1 nitrogen and oxygen atoms in total. The summed E-state index contributed by atoms with van der Waals surface area (Å²) in [5, 5.41) is 3.35. The van der Waals surface area contributed by atoms with Gasteiger partial charge in [-0.2, -0.15) is 0 Å². The third-order valence-corrected chi connectivity index (χ3v) is 3.47. The lowest BCUT2D eigenvalue weighted by molar-refractivity contribution is 0.588. The SMILES string of the molecule is BC(P)(CNC)c1cccc(C(C)(C)C)c1. The average molecular weight is 235 g/mol. The Bertz CT molecular complexity index is 355. The van der Waals surface area contributed by atoms with Gasteiger partial charge in [-0.25, -0.2) is 0 Å². The first-order valence-corrected chi connectivity index (χ1v) is 6.39. The van der Waals surface area contributed by atoms with Gasteiger partial charge in [-0.05, 0) is 28.6 Å². The first-order valence-electron chi connectivity index (χ1n) is 5.82. The molecule has 2 atom stereocenters. The van der Waals surface area contributed by atoms with Crippen LogP contribution < -0.4 is 5.32 Å². The van der Waals surface area contributed by atoms with Gasteiger partial charge in [0.05, 0.1) is 0 Å². The van der Waals surface area contributed by atoms with E-state index in [9.17, 15) is 0 Å². The zero-order chi connectivity index (χ0) is 12.4. The van der Waals surface area contributed by atoms with E-state index in [4.69, 9.17) is 0 Å². The Balaban J connectivity index is 3.08. The van der Waals surface area contributed by atoms with E-state index in [2.05, 4.69) is 67.4 Å². The molecule has 0 radical (unpaired) electrons. The molecule has 1 N–H and O–H groups in total. The van der Waals surface area contributed by atoms with E-state index >= 15 is 0 Å². The molecule has 0 spiro atoms. The Hall–Kier alpha value is -0.325. The summed E-state index contributed by atoms with van der Waals surface area (Å²) in [6.45, 7) is 7.73. The molecule has 0 fully saturated rings. The lowest BCUT2D eigenvalue weighted by Crippen LogP contribution is -2.31. The van der Waals surface area contributed by atoms with E-state index in [1.807, 2.05) is 7.05 Å². The Kier molecular flexibility index (Phi) is 4.20. The molecule has 3 heteroatoms. The minimum atomic E-state index is 0.107. The summed E-state index contributed by atoms with van der Waals surface area (Å²) in [4.78, 5) is 0. The van der Waals surface area contributed by atoms with Crippen molar-refractivity contribution >= 4 is 17.1 Å². The van der Waals surface area contributed by atoms with Gasteiger partial charge in [0.2, 0.25) is 0 Å². The van der Waals surface area contributed by atoms with Crippen molar-refractivity contribution in [3.63, 3.8) is 0 Å². The third-order valence-electron chi connectivity index (χ3n) is 2.93. The predicted octanol–water partition coefficient (Wildman–Crippen LogP) is 1.86. The van der Waals surface area contributed by atoms with Crippen LogP contribution in [0.3, 0.4) is 0 Å². The second-order valence-corrected chi connectivity index (χ2v) is 7.05. The molecule has 0 aliphatic rings. The van der Waals surface area contributed by atoms with Crippen molar-refractivity contribution in [2.24, 2.45) is 0 Å². The maximum Gasteiger partial charge on any atom is 0.121 e. The lowest BCUT2D eigenvalue weighted by atomic mass is 9.77. The van der Waals surface area contributed by atoms with Crippen molar-refractivity contribution in [1.29, 1.82) is 0 Å². The number of hydrogen-bond acceptors (Lipinski definition) is 1. The van der Waals surface area contributed by atoms with Crippen LogP contribution in [-0.4, -0.2) is 21.4 Å². The molecule has 88 valence electrons. The summed E-state index contributed by atoms with van der Waals surface area (Å²) in [5.41, 5.74) is 2.99. The highest BCUT2D eigenvalue weighted by Crippen LogP contribution is 2.31. The predicted molar refractivity (Wildman–Crippen MR) is 79.0 cm³/mol. The molecule has 0 aromatic heterocycles. The van der Waals surface area contributed by atoms with Crippen LogP contribution >= 0.6 is 9.24 Å². The second-order valence-electron chi connectivity index (χ2n) is 5.78. The van der Waals surface area contributed by atoms with Crippen LogP contribution in [0.25, 0.3) is 0 Å². The van der Waals surface area contributed by atoms with Crippen LogP contribution in [0.5, 0.6) is 0 Å². The zero-order valence-electron chi connectivity index (χ0n) is 11.1. The highest BCUT2D eigenvalue weighted by molar-refractivity contribution is 7.21. The molecule has 2 unspecified atom stereocenters. The molecule has 16 heavy (non-hydrogen) atoms. The van der Waals surface area contributed by atoms with Gasteiger partial charge >= 0.3 is 0 Å². The second kappa shape index (κ2) is 4.90. The van der Waals surface area contributed by atoms with Crippen molar-refractivity contribution in [2.75, 3.05) is 13.6 Å². The fourth-order valence-electron chi connectivity index (χ4n) is 1.81. The highest BCUT2D eigenvalue weighted by atomic mass is 31.0. The lowest BCUT2D eigenvalue weighted by Gasteiger charge is -2.27. The Morgan fingerprint density at radius 2 is 1.81 bits per heavy atom. The molecular weight excluding hydrogens is 212 g/mol. The van der Waals surface area contributed by atoms with Gasteiger partial charge in [0.15, 0.2) is 0 Å². The van der Waals surface area contributed by atoms with E-state index in [0.717, 1.165) is 6.54 Å². The van der Waals surface area contributed by atoms with Gasteiger partial charge in [0.1, 0.15) is 7.85 Å². The van der Waals surface area contributed by atoms with Gasteiger partial charge < -0.3 is 5.32 Å². The Labute approximate surface area is 103 Å². The normalized spacial score (nSPS) is 15.8. The molecule has 0 amide bonds. The van der Waals surface area contributed by atoms with Crippen LogP contribution in [0, 0.1) is 0 Å². The fourth-order valence-corrected chi connectivity index (χ4v) is 2.19. The van der Waals surface area contributed by atoms with E-state index in [0.29, 0.717) is 0 Å². The molecule has 1 aromatic carbocycles. The van der Waals surface area contributed by atoms with Gasteiger partial charge in [0.25, 0.3) is 0 Å². The van der Waals surface area contributed by atoms with Gasteiger partial charge in [0, 0.05) is 6.54 Å². The first-order chi connectivity index (χ1) is 7.27. The minimum absolute atomic E-state index is 0.107. The molecule has 0 saturated heterocycles. The van der Waals surface area contributed by atoms with E-state index in [1.54, 1.807) is 0 Å². The number of rotatable bonds is 3. The summed E-state index contributed by atoms with van der Waals surface area (Å²) >= 11 is 0. The van der Waals surface area contributed by atoms with Gasteiger partial charge in [-0.1, -0.05) is 45.0 Å². The minimum Gasteiger partial charge on any atom is -0.319 e. The van der Waals surface area contributed by atoms with Crippen molar-refractivity contribution < 1.29 is 0 Å². The van der Waals surface area contributed by atoms with Crippen molar-refractivity contribution in [3.05, 3.63) is 35.4 Å². The summed E-state index contributed by atoms with van der Waals surface area (Å²) in [5.74, 6) is 0. The summed E-state index contributed by atoms with van der Waals surface area (Å²) in [7, 11) is 7.19. The maximum atomic E-state index is 3.24. The standard InChI is InChI=1S/C13H23BNP/c1-12(2,3)10-6-5-7-11(8-10)13(14,16)9-15-4/h5-8,15H,9,14,16H2,1-4H3. The molecule has 1 rings (SSSR count). The quantitative estimate of drug-likeness (QED) is 0.623. The Morgan fingerprint density at radius 1 is 1.25 bits per heavy atom. The highest BCUT2D eigenvalue weighted by Gasteiger charge is 2.22. The molecule has 0 saturated carbocycles. The molecule has 0 heterocycles. The number of benzene rings is 1. The largest absolute Gasteiger partial charge is 0.319 e. The van der Waals surface area contributed by atoms with Crippen molar-refractivity contribution in [2.45, 2.75) is 31.2 Å². The third kappa shape index (κ3) is 3.33. The van der Waals surface area contributed by atoms with Crippen molar-refractivity contribution in [3.8, 4) is 0 Å².